The highest BCUT2D eigenvalue weighted by Crippen LogP contribution is 2.29. The number of hydrogen-bond acceptors (Lipinski definition) is 2. The van der Waals surface area contributed by atoms with Crippen molar-refractivity contribution in [2.75, 3.05) is 12.3 Å². The van der Waals surface area contributed by atoms with Crippen molar-refractivity contribution in [3.8, 4) is 0 Å². The summed E-state index contributed by atoms with van der Waals surface area (Å²) in [5, 5.41) is 3.58. The minimum Gasteiger partial charge on any atom is -0.310 e. The van der Waals surface area contributed by atoms with Gasteiger partial charge >= 0.3 is 0 Å². The van der Waals surface area contributed by atoms with Gasteiger partial charge in [0.15, 0.2) is 0 Å². The Labute approximate surface area is 117 Å². The van der Waals surface area contributed by atoms with Crippen LogP contribution in [-0.4, -0.2) is 12.3 Å². The molecule has 0 aliphatic carbocycles. The van der Waals surface area contributed by atoms with Gasteiger partial charge < -0.3 is 5.32 Å². The molecule has 1 N–H and O–H groups in total. The van der Waals surface area contributed by atoms with Gasteiger partial charge in [0.1, 0.15) is 0 Å². The van der Waals surface area contributed by atoms with E-state index in [2.05, 4.69) is 57.3 Å². The molecule has 2 atom stereocenters. The van der Waals surface area contributed by atoms with Crippen LogP contribution in [0.4, 0.5) is 0 Å². The van der Waals surface area contributed by atoms with Crippen LogP contribution in [0.15, 0.2) is 29.2 Å². The van der Waals surface area contributed by atoms with Gasteiger partial charge in [-0.25, -0.2) is 0 Å². The van der Waals surface area contributed by atoms with Crippen molar-refractivity contribution in [1.29, 1.82) is 0 Å². The van der Waals surface area contributed by atoms with Crippen molar-refractivity contribution >= 4 is 11.8 Å². The molecular formula is C16H27NS. The third-order valence-electron chi connectivity index (χ3n) is 3.31. The Morgan fingerprint density at radius 2 is 1.89 bits per heavy atom. The summed E-state index contributed by atoms with van der Waals surface area (Å²) >= 11 is 2.00. The quantitative estimate of drug-likeness (QED) is 0.672. The molecular weight excluding hydrogens is 238 g/mol. The van der Waals surface area contributed by atoms with Crippen LogP contribution in [0.25, 0.3) is 0 Å². The van der Waals surface area contributed by atoms with E-state index in [1.54, 1.807) is 0 Å². The lowest BCUT2D eigenvalue weighted by atomic mass is 10.1. The molecule has 0 aromatic heterocycles. The van der Waals surface area contributed by atoms with Crippen molar-refractivity contribution in [2.24, 2.45) is 5.92 Å². The molecule has 0 radical (unpaired) electrons. The monoisotopic (exact) mass is 265 g/mol. The van der Waals surface area contributed by atoms with Gasteiger partial charge in [-0.15, -0.1) is 11.8 Å². The second-order valence-corrected chi connectivity index (χ2v) is 6.10. The van der Waals surface area contributed by atoms with E-state index in [4.69, 9.17) is 0 Å². The second kappa shape index (κ2) is 8.60. The molecule has 0 saturated heterocycles. The van der Waals surface area contributed by atoms with Gasteiger partial charge in [-0.1, -0.05) is 45.4 Å². The zero-order valence-corrected chi connectivity index (χ0v) is 13.0. The molecule has 1 aromatic rings. The van der Waals surface area contributed by atoms with Gasteiger partial charge in [0, 0.05) is 16.7 Å². The molecule has 0 saturated carbocycles. The fourth-order valence-corrected chi connectivity index (χ4v) is 3.08. The van der Waals surface area contributed by atoms with Crippen LogP contribution in [0, 0.1) is 5.92 Å². The standard InChI is InChI=1S/C16H27NS/c1-5-11-17-14(4)15-9-7-8-10-16(15)18-12-13(3)6-2/h7-10,13-14,17H,5-6,11-12H2,1-4H3. The van der Waals surface area contributed by atoms with Crippen LogP contribution in [0.2, 0.25) is 0 Å². The van der Waals surface area contributed by atoms with Crippen LogP contribution in [0.3, 0.4) is 0 Å². The molecule has 18 heavy (non-hydrogen) atoms. The van der Waals surface area contributed by atoms with Crippen molar-refractivity contribution < 1.29 is 0 Å². The maximum atomic E-state index is 3.58. The molecule has 0 spiro atoms. The van der Waals surface area contributed by atoms with Gasteiger partial charge in [-0.3, -0.25) is 0 Å². The SMILES string of the molecule is CCCNC(C)c1ccccc1SCC(C)CC. The molecule has 0 bridgehead atoms. The average molecular weight is 265 g/mol. The van der Waals surface area contributed by atoms with Gasteiger partial charge in [0.25, 0.3) is 0 Å². The molecule has 0 fully saturated rings. The highest BCUT2D eigenvalue weighted by molar-refractivity contribution is 7.99. The highest BCUT2D eigenvalue weighted by Gasteiger charge is 2.10. The first-order valence-corrected chi connectivity index (χ1v) is 8.12. The minimum absolute atomic E-state index is 0.450. The smallest absolute Gasteiger partial charge is 0.0302 e. The zero-order chi connectivity index (χ0) is 13.4. The number of thioether (sulfide) groups is 1. The number of rotatable bonds is 8. The molecule has 102 valence electrons. The Kier molecular flexibility index (Phi) is 7.45. The molecule has 0 aliphatic heterocycles. The van der Waals surface area contributed by atoms with Crippen molar-refractivity contribution in [3.05, 3.63) is 29.8 Å². The van der Waals surface area contributed by atoms with Gasteiger partial charge in [0.2, 0.25) is 0 Å². The topological polar surface area (TPSA) is 12.0 Å². The normalized spacial score (nSPS) is 14.4. The Bertz CT molecular complexity index is 338. The summed E-state index contributed by atoms with van der Waals surface area (Å²) in [5.41, 5.74) is 1.44. The number of hydrogen-bond donors (Lipinski definition) is 1. The summed E-state index contributed by atoms with van der Waals surface area (Å²) in [6.45, 7) is 10.2. The summed E-state index contributed by atoms with van der Waals surface area (Å²) in [6.07, 6.45) is 2.45. The molecule has 0 amide bonds. The molecule has 1 rings (SSSR count). The fraction of sp³-hybridized carbons (Fsp3) is 0.625. The molecule has 1 nitrogen and oxygen atoms in total. The predicted octanol–water partition coefficient (Wildman–Crippen LogP) is 4.89. The number of benzene rings is 1. The van der Waals surface area contributed by atoms with Crippen LogP contribution < -0.4 is 5.32 Å². The first kappa shape index (κ1) is 15.6. The van der Waals surface area contributed by atoms with Crippen molar-refractivity contribution in [1.82, 2.24) is 5.32 Å². The highest BCUT2D eigenvalue weighted by atomic mass is 32.2. The van der Waals surface area contributed by atoms with Crippen LogP contribution >= 0.6 is 11.8 Å². The van der Waals surface area contributed by atoms with E-state index >= 15 is 0 Å². The molecule has 2 heteroatoms. The van der Waals surface area contributed by atoms with Crippen molar-refractivity contribution in [2.45, 2.75) is 51.5 Å². The van der Waals surface area contributed by atoms with E-state index < -0.39 is 0 Å². The maximum Gasteiger partial charge on any atom is 0.0302 e. The zero-order valence-electron chi connectivity index (χ0n) is 12.2. The lowest BCUT2D eigenvalue weighted by Gasteiger charge is -2.18. The fourth-order valence-electron chi connectivity index (χ4n) is 1.79. The summed E-state index contributed by atoms with van der Waals surface area (Å²) in [6, 6.07) is 9.26. The molecule has 1 aromatic carbocycles. The number of nitrogens with one attached hydrogen (secondary N) is 1. The Morgan fingerprint density at radius 1 is 1.17 bits per heavy atom. The lowest BCUT2D eigenvalue weighted by molar-refractivity contribution is 0.563. The van der Waals surface area contributed by atoms with Gasteiger partial charge in [-0.2, -0.15) is 0 Å². The minimum atomic E-state index is 0.450. The molecule has 0 heterocycles. The van der Waals surface area contributed by atoms with Gasteiger partial charge in [-0.05, 0) is 37.4 Å². The van der Waals surface area contributed by atoms with Crippen molar-refractivity contribution in [3.63, 3.8) is 0 Å². The Balaban J connectivity index is 2.66. The van der Waals surface area contributed by atoms with Crippen LogP contribution in [-0.2, 0) is 0 Å². The predicted molar refractivity (Wildman–Crippen MR) is 83.3 cm³/mol. The summed E-state index contributed by atoms with van der Waals surface area (Å²) in [7, 11) is 0. The summed E-state index contributed by atoms with van der Waals surface area (Å²) in [5.74, 6) is 2.01. The third-order valence-corrected chi connectivity index (χ3v) is 4.72. The average Bonchev–Trinajstić information content (AvgIpc) is 2.42. The van der Waals surface area contributed by atoms with E-state index in [-0.39, 0.29) is 0 Å². The second-order valence-electron chi connectivity index (χ2n) is 5.04. The first-order chi connectivity index (χ1) is 8.69. The van der Waals surface area contributed by atoms with E-state index in [1.807, 2.05) is 11.8 Å². The summed E-state index contributed by atoms with van der Waals surface area (Å²) < 4.78 is 0. The van der Waals surface area contributed by atoms with E-state index in [9.17, 15) is 0 Å². The van der Waals surface area contributed by atoms with Crippen LogP contribution in [0.1, 0.15) is 52.1 Å². The third kappa shape index (κ3) is 5.03. The van der Waals surface area contributed by atoms with Crippen LogP contribution in [0.5, 0.6) is 0 Å². The Hall–Kier alpha value is -0.470. The lowest BCUT2D eigenvalue weighted by Crippen LogP contribution is -2.19. The van der Waals surface area contributed by atoms with Gasteiger partial charge in [0.05, 0.1) is 0 Å². The maximum absolute atomic E-state index is 3.58. The van der Waals surface area contributed by atoms with E-state index in [0.29, 0.717) is 6.04 Å². The van der Waals surface area contributed by atoms with E-state index in [0.717, 1.165) is 12.5 Å². The largest absolute Gasteiger partial charge is 0.310 e. The summed E-state index contributed by atoms with van der Waals surface area (Å²) in [4.78, 5) is 1.44. The molecule has 0 aliphatic rings. The molecule has 2 unspecified atom stereocenters. The Morgan fingerprint density at radius 3 is 2.56 bits per heavy atom. The van der Waals surface area contributed by atoms with E-state index in [1.165, 1.54) is 29.1 Å². The first-order valence-electron chi connectivity index (χ1n) is 7.14.